The molecule has 0 bridgehead atoms. The Hall–Kier alpha value is -1.43. The summed E-state index contributed by atoms with van der Waals surface area (Å²) >= 11 is 0. The van der Waals surface area contributed by atoms with Gasteiger partial charge in [0.2, 0.25) is 5.91 Å². The van der Waals surface area contributed by atoms with Crippen molar-refractivity contribution >= 4 is 5.91 Å². The second kappa shape index (κ2) is 5.77. The highest BCUT2D eigenvalue weighted by molar-refractivity contribution is 5.81. The van der Waals surface area contributed by atoms with E-state index in [-0.39, 0.29) is 11.9 Å². The number of hydrogen-bond donors (Lipinski definition) is 1. The quantitative estimate of drug-likeness (QED) is 0.809. The van der Waals surface area contributed by atoms with E-state index in [1.165, 1.54) is 0 Å². The zero-order chi connectivity index (χ0) is 13.0. The monoisotopic (exact) mass is 239 g/mol. The van der Waals surface area contributed by atoms with Gasteiger partial charge in [-0.1, -0.05) is 0 Å². The van der Waals surface area contributed by atoms with Gasteiger partial charge in [0, 0.05) is 6.04 Å². The third-order valence-electron chi connectivity index (χ3n) is 2.78. The largest absolute Gasteiger partial charge is 0.347 e. The minimum absolute atomic E-state index is 0.00620. The Balaban J connectivity index is 2.56. The Labute approximate surface area is 102 Å². The first-order valence-electron chi connectivity index (χ1n) is 5.76. The summed E-state index contributed by atoms with van der Waals surface area (Å²) in [6, 6.07) is 0.147. The lowest BCUT2D eigenvalue weighted by Gasteiger charge is -2.19. The molecule has 0 fully saturated rings. The number of carbonyl (C=O) groups excluding carboxylic acids is 1. The summed E-state index contributed by atoms with van der Waals surface area (Å²) in [7, 11) is 3.75. The van der Waals surface area contributed by atoms with E-state index in [1.54, 1.807) is 6.33 Å². The lowest BCUT2D eigenvalue weighted by molar-refractivity contribution is -0.125. The van der Waals surface area contributed by atoms with E-state index in [0.717, 1.165) is 5.82 Å². The van der Waals surface area contributed by atoms with Crippen LogP contribution in [0.4, 0.5) is 0 Å². The highest BCUT2D eigenvalue weighted by Gasteiger charge is 2.15. The number of rotatable bonds is 5. The lowest BCUT2D eigenvalue weighted by Crippen LogP contribution is -2.41. The van der Waals surface area contributed by atoms with E-state index in [0.29, 0.717) is 12.6 Å². The van der Waals surface area contributed by atoms with Crippen LogP contribution < -0.4 is 5.32 Å². The van der Waals surface area contributed by atoms with Crippen LogP contribution in [0.5, 0.6) is 0 Å². The van der Waals surface area contributed by atoms with E-state index in [2.05, 4.69) is 29.4 Å². The van der Waals surface area contributed by atoms with Crippen molar-refractivity contribution in [2.75, 3.05) is 14.1 Å². The summed E-state index contributed by atoms with van der Waals surface area (Å²) in [5, 5.41) is 10.7. The van der Waals surface area contributed by atoms with Gasteiger partial charge in [0.15, 0.2) is 5.82 Å². The molecule has 0 radical (unpaired) electrons. The Morgan fingerprint density at radius 3 is 2.65 bits per heavy atom. The topological polar surface area (TPSA) is 63.1 Å². The minimum atomic E-state index is -0.148. The van der Waals surface area contributed by atoms with Gasteiger partial charge >= 0.3 is 0 Å². The van der Waals surface area contributed by atoms with Gasteiger partial charge in [-0.2, -0.15) is 0 Å². The minimum Gasteiger partial charge on any atom is -0.347 e. The van der Waals surface area contributed by atoms with Crippen molar-refractivity contribution in [3.05, 3.63) is 12.2 Å². The molecule has 1 atom stereocenters. The molecule has 0 aliphatic rings. The van der Waals surface area contributed by atoms with Gasteiger partial charge in [-0.3, -0.25) is 9.69 Å². The lowest BCUT2D eigenvalue weighted by atomic mass is 10.3. The predicted molar refractivity (Wildman–Crippen MR) is 65.4 cm³/mol. The van der Waals surface area contributed by atoms with E-state index in [4.69, 9.17) is 0 Å². The first-order valence-corrected chi connectivity index (χ1v) is 5.76. The second-order valence-electron chi connectivity index (χ2n) is 4.61. The number of likely N-dealkylation sites (N-methyl/N-ethyl adjacent to an activating group) is 1. The van der Waals surface area contributed by atoms with Crippen LogP contribution in [0.1, 0.15) is 32.6 Å². The molecule has 1 heterocycles. The summed E-state index contributed by atoms with van der Waals surface area (Å²) in [6.45, 7) is 6.38. The van der Waals surface area contributed by atoms with Gasteiger partial charge < -0.3 is 9.88 Å². The zero-order valence-corrected chi connectivity index (χ0v) is 11.1. The van der Waals surface area contributed by atoms with Crippen molar-refractivity contribution in [2.45, 2.75) is 39.4 Å². The van der Waals surface area contributed by atoms with E-state index in [9.17, 15) is 4.79 Å². The summed E-state index contributed by atoms with van der Waals surface area (Å²) in [5.41, 5.74) is 0. The average Bonchev–Trinajstić information content (AvgIpc) is 2.72. The predicted octanol–water partition coefficient (Wildman–Crippen LogP) is 0.425. The number of aromatic nitrogens is 3. The Morgan fingerprint density at radius 2 is 2.12 bits per heavy atom. The van der Waals surface area contributed by atoms with Gasteiger partial charge in [-0.05, 0) is 34.9 Å². The summed E-state index contributed by atoms with van der Waals surface area (Å²) in [6.07, 6.45) is 1.68. The molecule has 1 unspecified atom stereocenters. The zero-order valence-electron chi connectivity index (χ0n) is 11.1. The first kappa shape index (κ1) is 13.6. The van der Waals surface area contributed by atoms with Gasteiger partial charge in [0.25, 0.3) is 0 Å². The third kappa shape index (κ3) is 3.52. The van der Waals surface area contributed by atoms with Crippen LogP contribution in [0.25, 0.3) is 0 Å². The number of hydrogen-bond acceptors (Lipinski definition) is 4. The number of carbonyl (C=O) groups is 1. The number of amides is 1. The molecular weight excluding hydrogens is 218 g/mol. The van der Waals surface area contributed by atoms with Gasteiger partial charge in [0.05, 0.1) is 12.6 Å². The van der Waals surface area contributed by atoms with Crippen molar-refractivity contribution < 1.29 is 4.79 Å². The maximum Gasteiger partial charge on any atom is 0.237 e. The first-order chi connectivity index (χ1) is 7.93. The highest BCUT2D eigenvalue weighted by atomic mass is 16.2. The van der Waals surface area contributed by atoms with Crippen LogP contribution in [0.3, 0.4) is 0 Å². The van der Waals surface area contributed by atoms with Crippen molar-refractivity contribution in [3.63, 3.8) is 0 Å². The van der Waals surface area contributed by atoms with Crippen molar-refractivity contribution in [1.29, 1.82) is 0 Å². The van der Waals surface area contributed by atoms with Crippen LogP contribution in [0, 0.1) is 0 Å². The summed E-state index contributed by atoms with van der Waals surface area (Å²) in [4.78, 5) is 13.6. The number of nitrogens with zero attached hydrogens (tertiary/aromatic N) is 4. The SMILES string of the molecule is CC(C(=O)NCc1nncn1C(C)C)N(C)C. The molecule has 0 saturated carbocycles. The normalized spacial score (nSPS) is 13.1. The van der Waals surface area contributed by atoms with Crippen LogP contribution in [-0.2, 0) is 11.3 Å². The average molecular weight is 239 g/mol. The van der Waals surface area contributed by atoms with Crippen LogP contribution >= 0.6 is 0 Å². The van der Waals surface area contributed by atoms with E-state index in [1.807, 2.05) is 30.5 Å². The van der Waals surface area contributed by atoms with Gasteiger partial charge in [-0.15, -0.1) is 10.2 Å². The van der Waals surface area contributed by atoms with Crippen molar-refractivity contribution in [1.82, 2.24) is 25.0 Å². The van der Waals surface area contributed by atoms with Crippen LogP contribution in [0.2, 0.25) is 0 Å². The highest BCUT2D eigenvalue weighted by Crippen LogP contribution is 2.06. The molecule has 0 aromatic carbocycles. The molecule has 0 aliphatic heterocycles. The van der Waals surface area contributed by atoms with E-state index >= 15 is 0 Å². The van der Waals surface area contributed by atoms with Crippen LogP contribution in [0.15, 0.2) is 6.33 Å². The van der Waals surface area contributed by atoms with Crippen molar-refractivity contribution in [2.24, 2.45) is 0 Å². The molecule has 6 heteroatoms. The van der Waals surface area contributed by atoms with Crippen molar-refractivity contribution in [3.8, 4) is 0 Å². The van der Waals surface area contributed by atoms with Gasteiger partial charge in [0.1, 0.15) is 6.33 Å². The molecule has 1 N–H and O–H groups in total. The standard InChI is InChI=1S/C11H21N5O/c1-8(2)16-7-13-14-10(16)6-12-11(17)9(3)15(4)5/h7-9H,6H2,1-5H3,(H,12,17). The Morgan fingerprint density at radius 1 is 1.47 bits per heavy atom. The van der Waals surface area contributed by atoms with E-state index < -0.39 is 0 Å². The summed E-state index contributed by atoms with van der Waals surface area (Å²) < 4.78 is 1.95. The molecule has 1 amide bonds. The fourth-order valence-electron chi connectivity index (χ4n) is 1.37. The molecule has 6 nitrogen and oxygen atoms in total. The molecular formula is C11H21N5O. The second-order valence-corrected chi connectivity index (χ2v) is 4.61. The Kier molecular flexibility index (Phi) is 4.62. The number of nitrogens with one attached hydrogen (secondary N) is 1. The molecule has 96 valence electrons. The third-order valence-corrected chi connectivity index (χ3v) is 2.78. The molecule has 1 aromatic rings. The molecule has 0 saturated heterocycles. The van der Waals surface area contributed by atoms with Gasteiger partial charge in [-0.25, -0.2) is 0 Å². The molecule has 17 heavy (non-hydrogen) atoms. The molecule has 1 aromatic heterocycles. The Bertz CT molecular complexity index is 372. The maximum atomic E-state index is 11.8. The fourth-order valence-corrected chi connectivity index (χ4v) is 1.37. The smallest absolute Gasteiger partial charge is 0.237 e. The molecule has 0 spiro atoms. The summed E-state index contributed by atoms with van der Waals surface area (Å²) in [5.74, 6) is 0.771. The fraction of sp³-hybridized carbons (Fsp3) is 0.727. The molecule has 0 aliphatic carbocycles. The molecule has 1 rings (SSSR count). The van der Waals surface area contributed by atoms with Crippen LogP contribution in [-0.4, -0.2) is 45.7 Å². The maximum absolute atomic E-state index is 11.8.